The first kappa shape index (κ1) is 25.7. The van der Waals surface area contributed by atoms with Crippen molar-refractivity contribution in [2.45, 2.75) is 70.9 Å². The minimum Gasteiger partial charge on any atom is -0.481 e. The molecule has 0 bridgehead atoms. The Morgan fingerprint density at radius 3 is 1.91 bits per heavy atom. The van der Waals surface area contributed by atoms with E-state index in [0.717, 1.165) is 12.8 Å². The first-order chi connectivity index (χ1) is 15.8. The lowest BCUT2D eigenvalue weighted by atomic mass is 9.85. The lowest BCUT2D eigenvalue weighted by Crippen LogP contribution is -2.67. The minimum atomic E-state index is -2.65. The summed E-state index contributed by atoms with van der Waals surface area (Å²) < 4.78 is 13.4. The van der Waals surface area contributed by atoms with E-state index in [4.69, 9.17) is 9.16 Å². The highest BCUT2D eigenvalue weighted by Crippen LogP contribution is 2.38. The molecule has 2 aromatic carbocycles. The van der Waals surface area contributed by atoms with Crippen LogP contribution in [0.2, 0.25) is 5.04 Å². The second-order valence-corrected chi connectivity index (χ2v) is 14.8. The molecule has 0 amide bonds. The van der Waals surface area contributed by atoms with E-state index in [0.29, 0.717) is 12.5 Å². The maximum Gasteiger partial charge on any atom is 0.308 e. The summed E-state index contributed by atoms with van der Waals surface area (Å²) in [6.45, 7) is 9.26. The van der Waals surface area contributed by atoms with Gasteiger partial charge in [0.1, 0.15) is 0 Å². The van der Waals surface area contributed by atoms with Crippen LogP contribution in [0.4, 0.5) is 0 Å². The molecule has 1 aliphatic rings. The number of hydrogen-bond donors (Lipinski definition) is 1. The molecule has 3 rings (SSSR count). The normalized spacial score (nSPS) is 17.5. The third-order valence-electron chi connectivity index (χ3n) is 7.04. The smallest absolute Gasteiger partial charge is 0.308 e. The Balaban J connectivity index is 1.95. The van der Waals surface area contributed by atoms with Gasteiger partial charge in [-0.15, -0.1) is 0 Å². The second-order valence-electron chi connectivity index (χ2n) is 10.5. The van der Waals surface area contributed by atoms with Gasteiger partial charge in [0.25, 0.3) is 8.32 Å². The molecule has 0 spiro atoms. The van der Waals surface area contributed by atoms with Crippen molar-refractivity contribution in [2.75, 3.05) is 13.2 Å². The van der Waals surface area contributed by atoms with Gasteiger partial charge in [0.15, 0.2) is 0 Å². The zero-order valence-electron chi connectivity index (χ0n) is 20.6. The molecule has 0 aliphatic heterocycles. The van der Waals surface area contributed by atoms with Gasteiger partial charge in [-0.3, -0.25) is 4.79 Å². The highest BCUT2D eigenvalue weighted by Gasteiger charge is 2.50. The van der Waals surface area contributed by atoms with Crippen LogP contribution in [0.1, 0.15) is 59.8 Å². The predicted octanol–water partition coefficient (Wildman–Crippen LogP) is 5.25. The number of rotatable bonds is 10. The lowest BCUT2D eigenvalue weighted by Gasteiger charge is -2.44. The standard InChI is InChI=1S/C28H40O4Si/c1-22(27(29)30)20-31-26(23-14-8-5-9-15-23)21-32-33(28(2,3)4,24-16-10-6-11-17-24)25-18-12-7-13-19-25/h6-7,10-13,16-19,22-23,26H,5,8-9,14-15,20-21H2,1-4H3,(H,29,30). The predicted molar refractivity (Wildman–Crippen MR) is 137 cm³/mol. The number of carbonyl (C=O) groups is 1. The molecule has 1 saturated carbocycles. The van der Waals surface area contributed by atoms with E-state index in [9.17, 15) is 9.90 Å². The van der Waals surface area contributed by atoms with Crippen LogP contribution in [0.25, 0.3) is 0 Å². The fraction of sp³-hybridized carbons (Fsp3) is 0.536. The van der Waals surface area contributed by atoms with Crippen molar-refractivity contribution in [2.24, 2.45) is 11.8 Å². The van der Waals surface area contributed by atoms with Crippen molar-refractivity contribution in [1.29, 1.82) is 0 Å². The summed E-state index contributed by atoms with van der Waals surface area (Å²) in [6.07, 6.45) is 5.83. The molecule has 1 N–H and O–H groups in total. The molecule has 1 aliphatic carbocycles. The zero-order valence-corrected chi connectivity index (χ0v) is 21.6. The van der Waals surface area contributed by atoms with Crippen LogP contribution >= 0.6 is 0 Å². The molecule has 2 atom stereocenters. The van der Waals surface area contributed by atoms with Crippen LogP contribution in [-0.4, -0.2) is 38.7 Å². The van der Waals surface area contributed by atoms with Crippen molar-refractivity contribution in [3.63, 3.8) is 0 Å². The van der Waals surface area contributed by atoms with E-state index in [1.165, 1.54) is 29.6 Å². The van der Waals surface area contributed by atoms with Crippen molar-refractivity contribution in [1.82, 2.24) is 0 Å². The molecule has 1 fully saturated rings. The highest BCUT2D eigenvalue weighted by atomic mass is 28.4. The topological polar surface area (TPSA) is 55.8 Å². The van der Waals surface area contributed by atoms with Gasteiger partial charge in [0.05, 0.1) is 25.2 Å². The van der Waals surface area contributed by atoms with Crippen molar-refractivity contribution in [3.05, 3.63) is 60.7 Å². The van der Waals surface area contributed by atoms with E-state index in [1.54, 1.807) is 6.92 Å². The average molecular weight is 469 g/mol. The van der Waals surface area contributed by atoms with Crippen molar-refractivity contribution < 1.29 is 19.1 Å². The molecular weight excluding hydrogens is 428 g/mol. The lowest BCUT2D eigenvalue weighted by molar-refractivity contribution is -0.145. The Morgan fingerprint density at radius 1 is 0.939 bits per heavy atom. The summed E-state index contributed by atoms with van der Waals surface area (Å²) in [7, 11) is -2.65. The monoisotopic (exact) mass is 468 g/mol. The summed E-state index contributed by atoms with van der Waals surface area (Å²) in [5, 5.41) is 11.8. The van der Waals surface area contributed by atoms with Gasteiger partial charge in [0, 0.05) is 0 Å². The zero-order chi connectivity index (χ0) is 23.9. The van der Waals surface area contributed by atoms with E-state index in [1.807, 2.05) is 0 Å². The number of carboxylic acids is 1. The van der Waals surface area contributed by atoms with E-state index in [-0.39, 0.29) is 17.7 Å². The molecule has 0 aromatic heterocycles. The summed E-state index contributed by atoms with van der Waals surface area (Å²) in [6, 6.07) is 21.3. The molecule has 2 aromatic rings. The molecule has 180 valence electrons. The second kappa shape index (κ2) is 11.5. The largest absolute Gasteiger partial charge is 0.481 e. The van der Waals surface area contributed by atoms with Crippen LogP contribution in [0.3, 0.4) is 0 Å². The first-order valence-corrected chi connectivity index (χ1v) is 14.3. The van der Waals surface area contributed by atoms with Crippen LogP contribution in [0.15, 0.2) is 60.7 Å². The molecular formula is C28H40O4Si. The molecule has 0 saturated heterocycles. The number of benzene rings is 2. The SMILES string of the molecule is CC(COC(CO[Si](c1ccccc1)(c1ccccc1)C(C)(C)C)C1CCCCC1)C(=O)O. The molecule has 0 heterocycles. The van der Waals surface area contributed by atoms with Crippen LogP contribution in [-0.2, 0) is 14.0 Å². The average Bonchev–Trinajstić information content (AvgIpc) is 2.82. The summed E-state index contributed by atoms with van der Waals surface area (Å²) in [5.74, 6) is -0.924. The third-order valence-corrected chi connectivity index (χ3v) is 12.0. The number of aliphatic carboxylic acids is 1. The maximum atomic E-state index is 11.4. The van der Waals surface area contributed by atoms with E-state index >= 15 is 0 Å². The maximum absolute atomic E-state index is 11.4. The summed E-state index contributed by atoms with van der Waals surface area (Å²) in [4.78, 5) is 11.4. The Labute approximate surface area is 200 Å². The van der Waals surface area contributed by atoms with Crippen LogP contribution < -0.4 is 10.4 Å². The fourth-order valence-electron chi connectivity index (χ4n) is 5.13. The molecule has 2 unspecified atom stereocenters. The van der Waals surface area contributed by atoms with Gasteiger partial charge < -0.3 is 14.3 Å². The van der Waals surface area contributed by atoms with E-state index in [2.05, 4.69) is 81.4 Å². The van der Waals surface area contributed by atoms with Gasteiger partial charge in [-0.05, 0) is 41.1 Å². The quantitative estimate of drug-likeness (QED) is 0.484. The summed E-state index contributed by atoms with van der Waals surface area (Å²) >= 11 is 0. The molecule has 0 radical (unpaired) electrons. The van der Waals surface area contributed by atoms with Crippen LogP contribution in [0, 0.1) is 11.8 Å². The minimum absolute atomic E-state index is 0.0891. The van der Waals surface area contributed by atoms with Crippen molar-refractivity contribution >= 4 is 24.7 Å². The van der Waals surface area contributed by atoms with Gasteiger partial charge in [-0.25, -0.2) is 0 Å². The third kappa shape index (κ3) is 6.14. The number of ether oxygens (including phenoxy) is 1. The van der Waals surface area contributed by atoms with E-state index < -0.39 is 20.2 Å². The fourth-order valence-corrected chi connectivity index (χ4v) is 9.70. The number of carboxylic acid groups (broad SMARTS) is 1. The van der Waals surface area contributed by atoms with Gasteiger partial charge in [-0.2, -0.15) is 0 Å². The Morgan fingerprint density at radius 2 is 1.45 bits per heavy atom. The number of hydrogen-bond acceptors (Lipinski definition) is 3. The molecule has 5 heteroatoms. The molecule has 4 nitrogen and oxygen atoms in total. The Bertz CT molecular complexity index is 817. The van der Waals surface area contributed by atoms with Gasteiger partial charge in [-0.1, -0.05) is 101 Å². The van der Waals surface area contributed by atoms with Crippen molar-refractivity contribution in [3.8, 4) is 0 Å². The van der Waals surface area contributed by atoms with Crippen LogP contribution in [0.5, 0.6) is 0 Å². The Kier molecular flexibility index (Phi) is 8.91. The first-order valence-electron chi connectivity index (χ1n) is 12.3. The molecule has 33 heavy (non-hydrogen) atoms. The Hall–Kier alpha value is -1.95. The summed E-state index contributed by atoms with van der Waals surface area (Å²) in [5.41, 5.74) is 0. The van der Waals surface area contributed by atoms with Gasteiger partial charge in [0.2, 0.25) is 0 Å². The highest BCUT2D eigenvalue weighted by molar-refractivity contribution is 6.99. The van der Waals surface area contributed by atoms with Gasteiger partial charge >= 0.3 is 5.97 Å².